The Morgan fingerprint density at radius 1 is 1.12 bits per heavy atom. The van der Waals surface area contributed by atoms with E-state index in [1.807, 2.05) is 19.1 Å². The van der Waals surface area contributed by atoms with E-state index in [9.17, 15) is 9.59 Å². The van der Waals surface area contributed by atoms with Gasteiger partial charge in [0.1, 0.15) is 15.5 Å². The van der Waals surface area contributed by atoms with Crippen LogP contribution in [0, 0.1) is 6.92 Å². The fraction of sp³-hybridized carbons (Fsp3) is 0.250. The van der Waals surface area contributed by atoms with Crippen LogP contribution in [0.3, 0.4) is 0 Å². The molecule has 0 saturated carbocycles. The van der Waals surface area contributed by atoms with Crippen molar-refractivity contribution in [3.05, 3.63) is 69.0 Å². The highest BCUT2D eigenvalue weighted by Crippen LogP contribution is 2.36. The molecule has 0 bridgehead atoms. The van der Waals surface area contributed by atoms with Crippen molar-refractivity contribution in [1.82, 2.24) is 14.3 Å². The zero-order valence-electron chi connectivity index (χ0n) is 18.9. The molecule has 8 nitrogen and oxygen atoms in total. The molecule has 10 heteroatoms. The molecule has 0 spiro atoms. The summed E-state index contributed by atoms with van der Waals surface area (Å²) in [6.45, 7) is 2.82. The Morgan fingerprint density at radius 3 is 2.62 bits per heavy atom. The van der Waals surface area contributed by atoms with Crippen molar-refractivity contribution in [3.8, 4) is 17.4 Å². The summed E-state index contributed by atoms with van der Waals surface area (Å²) in [7, 11) is 3.14. The number of pyridine rings is 1. The quantitative estimate of drug-likeness (QED) is 0.262. The zero-order chi connectivity index (χ0) is 24.2. The van der Waals surface area contributed by atoms with Crippen LogP contribution >= 0.6 is 24.0 Å². The zero-order valence-corrected chi connectivity index (χ0v) is 20.6. The molecule has 0 aliphatic carbocycles. The third-order valence-electron chi connectivity index (χ3n) is 5.20. The van der Waals surface area contributed by atoms with E-state index < -0.39 is 0 Å². The summed E-state index contributed by atoms with van der Waals surface area (Å²) in [6.07, 6.45) is 3.79. The van der Waals surface area contributed by atoms with Crippen LogP contribution in [0.15, 0.2) is 52.3 Å². The predicted molar refractivity (Wildman–Crippen MR) is 136 cm³/mol. The molecule has 4 rings (SSSR count). The molecule has 0 unspecified atom stereocenters. The van der Waals surface area contributed by atoms with E-state index in [2.05, 4.69) is 4.98 Å². The second kappa shape index (κ2) is 10.4. The summed E-state index contributed by atoms with van der Waals surface area (Å²) in [4.78, 5) is 33.0. The van der Waals surface area contributed by atoms with E-state index in [4.69, 9.17) is 26.4 Å². The summed E-state index contributed by atoms with van der Waals surface area (Å²) >= 11 is 6.54. The maximum Gasteiger partial charge on any atom is 0.269 e. The largest absolute Gasteiger partial charge is 0.493 e. The molecule has 1 aliphatic rings. The fourth-order valence-corrected chi connectivity index (χ4v) is 4.78. The summed E-state index contributed by atoms with van der Waals surface area (Å²) in [5.74, 6) is 0.706. The number of ether oxygens (including phenoxy) is 3. The Kier molecular flexibility index (Phi) is 7.30. The monoisotopic (exact) mass is 497 g/mol. The molecule has 3 aromatic rings. The molecule has 34 heavy (non-hydrogen) atoms. The van der Waals surface area contributed by atoms with Crippen LogP contribution in [-0.4, -0.2) is 51.9 Å². The van der Waals surface area contributed by atoms with Crippen LogP contribution in [0.2, 0.25) is 0 Å². The van der Waals surface area contributed by atoms with Gasteiger partial charge in [0.05, 0.1) is 12.0 Å². The molecular weight excluding hydrogens is 474 g/mol. The molecular formula is C24H23N3O5S2. The Balaban J connectivity index is 1.82. The van der Waals surface area contributed by atoms with E-state index in [-0.39, 0.29) is 22.9 Å². The molecule has 0 radical (unpaired) electrons. The number of nitrogens with zero attached hydrogens (tertiary/aromatic N) is 3. The van der Waals surface area contributed by atoms with Gasteiger partial charge in [-0.3, -0.25) is 18.9 Å². The number of hydrogen-bond donors (Lipinski definition) is 0. The van der Waals surface area contributed by atoms with E-state index in [1.165, 1.54) is 22.5 Å². The van der Waals surface area contributed by atoms with Gasteiger partial charge in [0.25, 0.3) is 11.5 Å². The number of hydrogen-bond acceptors (Lipinski definition) is 8. The normalized spacial score (nSPS) is 14.9. The number of amides is 1. The van der Waals surface area contributed by atoms with Gasteiger partial charge in [-0.15, -0.1) is 0 Å². The van der Waals surface area contributed by atoms with Gasteiger partial charge in [0.15, 0.2) is 11.5 Å². The number of carbonyl (C=O) groups is 1. The third kappa shape index (κ3) is 4.70. The van der Waals surface area contributed by atoms with Crippen molar-refractivity contribution in [2.45, 2.75) is 13.3 Å². The average Bonchev–Trinajstić information content (AvgIpc) is 3.10. The number of thiocarbonyl (C=S) groups is 1. The predicted octanol–water partition coefficient (Wildman–Crippen LogP) is 4.04. The first-order chi connectivity index (χ1) is 16.4. The van der Waals surface area contributed by atoms with Crippen molar-refractivity contribution in [2.24, 2.45) is 0 Å². The van der Waals surface area contributed by atoms with Gasteiger partial charge >= 0.3 is 0 Å². The molecule has 1 aliphatic heterocycles. The number of fused-ring (bicyclic) bond motifs is 1. The SMILES string of the molecule is COCCCN1C(=O)/C(=C\c2c(Oc3ccccc3OC)nc3c(C)cccn3c2=O)SC1=S. The molecule has 0 N–H and O–H groups in total. The lowest BCUT2D eigenvalue weighted by Gasteiger charge is -2.14. The highest BCUT2D eigenvalue weighted by atomic mass is 32.2. The number of aryl methyl sites for hydroxylation is 1. The Labute approximate surface area is 206 Å². The van der Waals surface area contributed by atoms with Crippen LogP contribution in [0.1, 0.15) is 17.5 Å². The standard InChI is InChI=1S/C24H23N3O5S2/c1-15-8-6-11-26-20(15)25-21(32-18-10-5-4-9-17(18)31-3)16(22(26)28)14-19-23(29)27(24(33)34-19)12-7-13-30-2/h4-6,8-11,14H,7,12-13H2,1-3H3/b19-14+. The van der Waals surface area contributed by atoms with E-state index in [0.717, 1.165) is 17.3 Å². The maximum atomic E-state index is 13.5. The summed E-state index contributed by atoms with van der Waals surface area (Å²) < 4.78 is 18.4. The number of aromatic nitrogens is 2. The lowest BCUT2D eigenvalue weighted by atomic mass is 10.2. The van der Waals surface area contributed by atoms with Crippen molar-refractivity contribution in [1.29, 1.82) is 0 Å². The average molecular weight is 498 g/mol. The highest BCUT2D eigenvalue weighted by molar-refractivity contribution is 8.26. The number of carbonyl (C=O) groups excluding carboxylic acids is 1. The number of benzene rings is 1. The first kappa shape index (κ1) is 23.9. The van der Waals surface area contributed by atoms with E-state index >= 15 is 0 Å². The Bertz CT molecular complexity index is 1350. The van der Waals surface area contributed by atoms with Gasteiger partial charge in [-0.25, -0.2) is 0 Å². The van der Waals surface area contributed by atoms with Gasteiger partial charge < -0.3 is 14.2 Å². The molecule has 0 atom stereocenters. The fourth-order valence-electron chi connectivity index (χ4n) is 3.49. The number of methoxy groups -OCH3 is 2. The molecule has 3 heterocycles. The summed E-state index contributed by atoms with van der Waals surface area (Å²) in [5.41, 5.74) is 1.05. The van der Waals surface area contributed by atoms with Crippen molar-refractivity contribution >= 4 is 45.9 Å². The van der Waals surface area contributed by atoms with Crippen LogP contribution in [0.5, 0.6) is 17.4 Å². The van der Waals surface area contributed by atoms with Crippen LogP contribution in [0.4, 0.5) is 0 Å². The minimum atomic E-state index is -0.358. The summed E-state index contributed by atoms with van der Waals surface area (Å²) in [5, 5.41) is 0. The third-order valence-corrected chi connectivity index (χ3v) is 6.58. The first-order valence-electron chi connectivity index (χ1n) is 10.5. The Hall–Kier alpha value is -3.21. The van der Waals surface area contributed by atoms with Gasteiger partial charge in [-0.2, -0.15) is 4.98 Å². The Morgan fingerprint density at radius 2 is 1.88 bits per heavy atom. The van der Waals surface area contributed by atoms with Crippen LogP contribution in [-0.2, 0) is 9.53 Å². The van der Waals surface area contributed by atoms with E-state index in [0.29, 0.717) is 45.9 Å². The molecule has 2 aromatic heterocycles. The van der Waals surface area contributed by atoms with Gasteiger partial charge in [-0.05, 0) is 43.2 Å². The minimum absolute atomic E-state index is 0.0773. The number of rotatable bonds is 8. The van der Waals surface area contributed by atoms with Gasteiger partial charge in [0, 0.05) is 26.5 Å². The van der Waals surface area contributed by atoms with Gasteiger partial charge in [-0.1, -0.05) is 42.2 Å². The molecule has 1 aromatic carbocycles. The van der Waals surface area contributed by atoms with Crippen molar-refractivity contribution < 1.29 is 19.0 Å². The van der Waals surface area contributed by atoms with Crippen molar-refractivity contribution in [3.63, 3.8) is 0 Å². The second-order valence-corrected chi connectivity index (χ2v) is 9.13. The van der Waals surface area contributed by atoms with Crippen molar-refractivity contribution in [2.75, 3.05) is 27.4 Å². The van der Waals surface area contributed by atoms with Gasteiger partial charge in [0.2, 0.25) is 5.88 Å². The molecule has 1 fully saturated rings. The lowest BCUT2D eigenvalue weighted by Crippen LogP contribution is -2.29. The minimum Gasteiger partial charge on any atom is -0.493 e. The topological polar surface area (TPSA) is 82.4 Å². The lowest BCUT2D eigenvalue weighted by molar-refractivity contribution is -0.122. The highest BCUT2D eigenvalue weighted by Gasteiger charge is 2.32. The van der Waals surface area contributed by atoms with Crippen LogP contribution < -0.4 is 15.0 Å². The second-order valence-electron chi connectivity index (χ2n) is 7.45. The molecule has 176 valence electrons. The maximum absolute atomic E-state index is 13.5. The molecule has 1 saturated heterocycles. The number of thioether (sulfide) groups is 1. The smallest absolute Gasteiger partial charge is 0.269 e. The van der Waals surface area contributed by atoms with E-state index in [1.54, 1.807) is 37.6 Å². The van der Waals surface area contributed by atoms with Crippen LogP contribution in [0.25, 0.3) is 11.7 Å². The number of para-hydroxylation sites is 2. The molecule has 1 amide bonds. The summed E-state index contributed by atoms with van der Waals surface area (Å²) in [6, 6.07) is 10.7. The first-order valence-corrected chi connectivity index (χ1v) is 11.7.